The summed E-state index contributed by atoms with van der Waals surface area (Å²) >= 11 is 5.22. The number of benzene rings is 1. The molecule has 110 valence electrons. The molecule has 0 aliphatic carbocycles. The monoisotopic (exact) mass is 304 g/mol. The average Bonchev–Trinajstić information content (AvgIpc) is 2.43. The lowest BCUT2D eigenvalue weighted by molar-refractivity contribution is -0.161. The van der Waals surface area contributed by atoms with Crippen LogP contribution in [-0.2, 0) is 9.53 Å². The van der Waals surface area contributed by atoms with Crippen LogP contribution in [0.15, 0.2) is 36.9 Å². The SMILES string of the molecule is C=CCOC(=O)C1C2NC(=S)NC1(C)Oc1ccccc12. The third-order valence-corrected chi connectivity index (χ3v) is 3.97. The zero-order chi connectivity index (χ0) is 15.0. The van der Waals surface area contributed by atoms with Gasteiger partial charge >= 0.3 is 5.97 Å². The van der Waals surface area contributed by atoms with Gasteiger partial charge in [-0.2, -0.15) is 0 Å². The van der Waals surface area contributed by atoms with Gasteiger partial charge in [-0.1, -0.05) is 30.9 Å². The number of thiocarbonyl (C=S) groups is 1. The van der Waals surface area contributed by atoms with Crippen LogP contribution in [0, 0.1) is 5.92 Å². The van der Waals surface area contributed by atoms with Crippen molar-refractivity contribution in [3.63, 3.8) is 0 Å². The summed E-state index contributed by atoms with van der Waals surface area (Å²) in [6.07, 6.45) is 1.54. The zero-order valence-corrected chi connectivity index (χ0v) is 12.4. The largest absolute Gasteiger partial charge is 0.467 e. The van der Waals surface area contributed by atoms with Crippen LogP contribution in [0.1, 0.15) is 18.5 Å². The fourth-order valence-electron chi connectivity index (χ4n) is 2.88. The van der Waals surface area contributed by atoms with Crippen molar-refractivity contribution in [1.82, 2.24) is 10.6 Å². The Balaban J connectivity index is 2.03. The molecular formula is C15H16N2O3S. The van der Waals surface area contributed by atoms with Crippen LogP contribution in [0.3, 0.4) is 0 Å². The fourth-order valence-corrected chi connectivity index (χ4v) is 3.21. The highest BCUT2D eigenvalue weighted by molar-refractivity contribution is 7.80. The van der Waals surface area contributed by atoms with E-state index in [4.69, 9.17) is 21.7 Å². The summed E-state index contributed by atoms with van der Waals surface area (Å²) in [6.45, 7) is 5.53. The van der Waals surface area contributed by atoms with Crippen molar-refractivity contribution in [2.75, 3.05) is 6.61 Å². The number of nitrogens with one attached hydrogen (secondary N) is 2. The molecule has 6 heteroatoms. The number of esters is 1. The molecule has 2 aliphatic heterocycles. The number of carbonyl (C=O) groups excluding carboxylic acids is 1. The second-order valence-corrected chi connectivity index (χ2v) is 5.63. The quantitative estimate of drug-likeness (QED) is 0.503. The van der Waals surface area contributed by atoms with E-state index in [1.807, 2.05) is 31.2 Å². The van der Waals surface area contributed by atoms with Gasteiger partial charge in [0, 0.05) is 5.56 Å². The predicted molar refractivity (Wildman–Crippen MR) is 81.7 cm³/mol. The minimum Gasteiger partial charge on any atom is -0.467 e. The molecule has 0 spiro atoms. The molecule has 1 aromatic carbocycles. The molecule has 2 bridgehead atoms. The Morgan fingerprint density at radius 1 is 1.57 bits per heavy atom. The summed E-state index contributed by atoms with van der Waals surface area (Å²) in [5, 5.41) is 6.66. The van der Waals surface area contributed by atoms with Crippen molar-refractivity contribution in [1.29, 1.82) is 0 Å². The second kappa shape index (κ2) is 5.04. The van der Waals surface area contributed by atoms with Crippen LogP contribution in [0.4, 0.5) is 0 Å². The molecule has 1 aromatic rings. The van der Waals surface area contributed by atoms with Gasteiger partial charge in [-0.15, -0.1) is 0 Å². The van der Waals surface area contributed by atoms with Gasteiger partial charge in [0.25, 0.3) is 0 Å². The Morgan fingerprint density at radius 2 is 2.33 bits per heavy atom. The van der Waals surface area contributed by atoms with E-state index in [9.17, 15) is 4.79 Å². The van der Waals surface area contributed by atoms with Crippen LogP contribution >= 0.6 is 12.2 Å². The summed E-state index contributed by atoms with van der Waals surface area (Å²) in [4.78, 5) is 12.4. The normalized spacial score (nSPS) is 29.3. The lowest BCUT2D eigenvalue weighted by Gasteiger charge is -2.50. The number of carbonyl (C=O) groups is 1. The highest BCUT2D eigenvalue weighted by atomic mass is 32.1. The molecule has 0 amide bonds. The zero-order valence-electron chi connectivity index (χ0n) is 11.6. The second-order valence-electron chi connectivity index (χ2n) is 5.22. The summed E-state index contributed by atoms with van der Waals surface area (Å²) in [5.74, 6) is -0.154. The van der Waals surface area contributed by atoms with E-state index >= 15 is 0 Å². The maximum Gasteiger partial charge on any atom is 0.317 e. The van der Waals surface area contributed by atoms with Crippen molar-refractivity contribution < 1.29 is 14.3 Å². The molecular weight excluding hydrogens is 288 g/mol. The fraction of sp³-hybridized carbons (Fsp3) is 0.333. The molecule has 0 radical (unpaired) electrons. The average molecular weight is 304 g/mol. The molecule has 21 heavy (non-hydrogen) atoms. The molecule has 0 aromatic heterocycles. The van der Waals surface area contributed by atoms with Gasteiger partial charge in [0.1, 0.15) is 18.3 Å². The third kappa shape index (κ3) is 2.25. The van der Waals surface area contributed by atoms with E-state index in [0.29, 0.717) is 5.11 Å². The van der Waals surface area contributed by atoms with Gasteiger partial charge in [0.15, 0.2) is 10.8 Å². The standard InChI is InChI=1S/C15H16N2O3S/c1-3-8-19-13(18)11-12-9-6-4-5-7-10(9)20-15(11,2)17-14(21)16-12/h3-7,11-12H,1,8H2,2H3,(H2,16,17,21). The Morgan fingerprint density at radius 3 is 3.10 bits per heavy atom. The molecule has 3 rings (SSSR count). The van der Waals surface area contributed by atoms with E-state index in [0.717, 1.165) is 11.3 Å². The van der Waals surface area contributed by atoms with E-state index in [1.165, 1.54) is 0 Å². The summed E-state index contributed by atoms with van der Waals surface area (Å²) in [5.41, 5.74) is -0.0287. The first-order valence-corrected chi connectivity index (χ1v) is 7.10. The molecule has 2 aliphatic rings. The van der Waals surface area contributed by atoms with Crippen molar-refractivity contribution in [2.24, 2.45) is 5.92 Å². The van der Waals surface area contributed by atoms with Crippen molar-refractivity contribution in [2.45, 2.75) is 18.7 Å². The highest BCUT2D eigenvalue weighted by Crippen LogP contribution is 2.44. The van der Waals surface area contributed by atoms with Gasteiger partial charge in [0.2, 0.25) is 0 Å². The van der Waals surface area contributed by atoms with Crippen molar-refractivity contribution >= 4 is 23.3 Å². The van der Waals surface area contributed by atoms with Gasteiger partial charge < -0.3 is 20.1 Å². The molecule has 0 saturated carbocycles. The highest BCUT2D eigenvalue weighted by Gasteiger charge is 2.55. The van der Waals surface area contributed by atoms with E-state index < -0.39 is 11.6 Å². The number of hydrogen-bond donors (Lipinski definition) is 2. The Bertz CT molecular complexity index is 619. The smallest absolute Gasteiger partial charge is 0.317 e. The lowest BCUT2D eigenvalue weighted by Crippen LogP contribution is -2.70. The first-order chi connectivity index (χ1) is 10.0. The van der Waals surface area contributed by atoms with Gasteiger partial charge in [-0.25, -0.2) is 0 Å². The van der Waals surface area contributed by atoms with Crippen LogP contribution in [0.25, 0.3) is 0 Å². The molecule has 5 nitrogen and oxygen atoms in total. The Labute approximate surface area is 128 Å². The number of rotatable bonds is 3. The molecule has 3 atom stereocenters. The van der Waals surface area contributed by atoms with Crippen molar-refractivity contribution in [3.8, 4) is 5.75 Å². The molecule has 2 heterocycles. The molecule has 1 fully saturated rings. The molecule has 3 unspecified atom stereocenters. The maximum atomic E-state index is 12.4. The maximum absolute atomic E-state index is 12.4. The van der Waals surface area contributed by atoms with Crippen LogP contribution in [0.5, 0.6) is 5.75 Å². The predicted octanol–water partition coefficient (Wildman–Crippen LogP) is 1.66. The van der Waals surface area contributed by atoms with E-state index in [2.05, 4.69) is 17.2 Å². The van der Waals surface area contributed by atoms with E-state index in [-0.39, 0.29) is 18.6 Å². The van der Waals surface area contributed by atoms with Gasteiger partial charge in [0.05, 0.1) is 6.04 Å². The van der Waals surface area contributed by atoms with Crippen LogP contribution < -0.4 is 15.4 Å². The van der Waals surface area contributed by atoms with Crippen molar-refractivity contribution in [3.05, 3.63) is 42.5 Å². The summed E-state index contributed by atoms with van der Waals surface area (Å²) in [6, 6.07) is 7.33. The van der Waals surface area contributed by atoms with Crippen LogP contribution in [0.2, 0.25) is 0 Å². The van der Waals surface area contributed by atoms with Gasteiger partial charge in [-0.3, -0.25) is 4.79 Å². The Kier molecular flexibility index (Phi) is 3.33. The topological polar surface area (TPSA) is 59.6 Å². The lowest BCUT2D eigenvalue weighted by atomic mass is 9.80. The first kappa shape index (κ1) is 13.9. The number of fused-ring (bicyclic) bond motifs is 4. The first-order valence-electron chi connectivity index (χ1n) is 6.69. The third-order valence-electron chi connectivity index (χ3n) is 3.75. The summed E-state index contributed by atoms with van der Waals surface area (Å²) < 4.78 is 11.2. The Hall–Kier alpha value is -2.08. The number of para-hydroxylation sites is 1. The number of hydrogen-bond acceptors (Lipinski definition) is 4. The van der Waals surface area contributed by atoms with E-state index in [1.54, 1.807) is 6.08 Å². The minimum absolute atomic E-state index is 0.171. The summed E-state index contributed by atoms with van der Waals surface area (Å²) in [7, 11) is 0. The minimum atomic E-state index is -0.931. The number of ether oxygens (including phenoxy) is 2. The molecule has 1 saturated heterocycles. The molecule has 2 N–H and O–H groups in total. The van der Waals surface area contributed by atoms with Crippen LogP contribution in [-0.4, -0.2) is 23.4 Å². The van der Waals surface area contributed by atoms with Gasteiger partial charge in [-0.05, 0) is 25.2 Å².